The first-order valence-electron chi connectivity index (χ1n) is 8.38. The van der Waals surface area contributed by atoms with Crippen LogP contribution in [0.1, 0.15) is 24.7 Å². The minimum Gasteiger partial charge on any atom is -0.340 e. The molecule has 0 unspecified atom stereocenters. The monoisotopic (exact) mass is 313 g/mol. The molecule has 1 saturated carbocycles. The van der Waals surface area contributed by atoms with E-state index in [1.54, 1.807) is 0 Å². The highest BCUT2D eigenvalue weighted by atomic mass is 16.2. The second-order valence-electron chi connectivity index (χ2n) is 6.91. The van der Waals surface area contributed by atoms with E-state index in [-0.39, 0.29) is 5.92 Å². The molecule has 6 nitrogen and oxygen atoms in total. The molecule has 2 aliphatic rings. The molecule has 1 amide bonds. The van der Waals surface area contributed by atoms with Gasteiger partial charge in [-0.25, -0.2) is 4.98 Å². The summed E-state index contributed by atoms with van der Waals surface area (Å²) in [6.45, 7) is 6.60. The fourth-order valence-corrected chi connectivity index (χ4v) is 3.66. The van der Waals surface area contributed by atoms with Crippen LogP contribution >= 0.6 is 0 Å². The molecule has 0 aromatic carbocycles. The number of rotatable bonds is 2. The summed E-state index contributed by atoms with van der Waals surface area (Å²) in [6.07, 6.45) is 5.71. The van der Waals surface area contributed by atoms with Crippen molar-refractivity contribution in [1.29, 1.82) is 0 Å². The van der Waals surface area contributed by atoms with Crippen molar-refractivity contribution < 1.29 is 4.79 Å². The van der Waals surface area contributed by atoms with Gasteiger partial charge in [-0.15, -0.1) is 0 Å². The topological polar surface area (TPSA) is 56.0 Å². The molecule has 2 atom stereocenters. The zero-order valence-electron chi connectivity index (χ0n) is 14.0. The van der Waals surface area contributed by atoms with Gasteiger partial charge in [0.2, 0.25) is 5.91 Å². The molecule has 0 N–H and O–H groups in total. The summed E-state index contributed by atoms with van der Waals surface area (Å²) in [4.78, 5) is 19.1. The quantitative estimate of drug-likeness (QED) is 0.847. The molecule has 0 spiro atoms. The normalized spacial score (nSPS) is 23.5. The minimum absolute atomic E-state index is 0.263. The van der Waals surface area contributed by atoms with E-state index in [0.29, 0.717) is 11.8 Å². The number of amides is 1. The predicted octanol–water partition coefficient (Wildman–Crippen LogP) is 1.63. The molecule has 122 valence electrons. The molecule has 1 fully saturated rings. The summed E-state index contributed by atoms with van der Waals surface area (Å²) >= 11 is 0. The molecular formula is C17H23N5O. The number of aryl methyl sites for hydroxylation is 2. The third kappa shape index (κ3) is 2.36. The summed E-state index contributed by atoms with van der Waals surface area (Å²) in [5.74, 6) is 2.23. The Hall–Kier alpha value is -2.11. The number of carbonyl (C=O) groups is 1. The first-order valence-corrected chi connectivity index (χ1v) is 8.38. The van der Waals surface area contributed by atoms with Crippen molar-refractivity contribution in [2.75, 3.05) is 13.1 Å². The number of nitrogens with zero attached hydrogens (tertiary/aromatic N) is 5. The van der Waals surface area contributed by atoms with Gasteiger partial charge in [0.25, 0.3) is 0 Å². The van der Waals surface area contributed by atoms with Crippen LogP contribution in [-0.4, -0.2) is 43.2 Å². The van der Waals surface area contributed by atoms with Gasteiger partial charge in [0.1, 0.15) is 5.82 Å². The molecule has 1 aliphatic heterocycles. The Labute approximate surface area is 136 Å². The maximum absolute atomic E-state index is 12.5. The van der Waals surface area contributed by atoms with Crippen LogP contribution in [0.5, 0.6) is 0 Å². The van der Waals surface area contributed by atoms with Gasteiger partial charge in [0.15, 0.2) is 0 Å². The summed E-state index contributed by atoms with van der Waals surface area (Å²) in [6, 6.07) is 0. The van der Waals surface area contributed by atoms with E-state index < -0.39 is 0 Å². The van der Waals surface area contributed by atoms with Gasteiger partial charge >= 0.3 is 0 Å². The third-order valence-corrected chi connectivity index (χ3v) is 5.24. The second-order valence-corrected chi connectivity index (χ2v) is 6.91. The number of hydrogen-bond acceptors (Lipinski definition) is 3. The van der Waals surface area contributed by atoms with Crippen LogP contribution in [0.2, 0.25) is 0 Å². The van der Waals surface area contributed by atoms with E-state index in [4.69, 9.17) is 0 Å². The average molecular weight is 313 g/mol. The van der Waals surface area contributed by atoms with Crippen LogP contribution in [0.25, 0.3) is 11.4 Å². The van der Waals surface area contributed by atoms with Crippen molar-refractivity contribution in [3.8, 4) is 11.4 Å². The number of carbonyl (C=O) groups excluding carboxylic acids is 1. The van der Waals surface area contributed by atoms with E-state index in [1.807, 2.05) is 29.0 Å². The minimum atomic E-state index is 0.263. The molecule has 2 aromatic rings. The fraction of sp³-hybridized carbons (Fsp3) is 0.588. The Morgan fingerprint density at radius 2 is 2.04 bits per heavy atom. The maximum atomic E-state index is 12.5. The van der Waals surface area contributed by atoms with E-state index in [9.17, 15) is 4.79 Å². The van der Waals surface area contributed by atoms with Gasteiger partial charge in [0.05, 0.1) is 23.8 Å². The van der Waals surface area contributed by atoms with Crippen LogP contribution in [0.3, 0.4) is 0 Å². The summed E-state index contributed by atoms with van der Waals surface area (Å²) < 4.78 is 4.16. The van der Waals surface area contributed by atoms with E-state index in [1.165, 1.54) is 0 Å². The average Bonchev–Trinajstić information content (AvgIpc) is 3.09. The van der Waals surface area contributed by atoms with Crippen LogP contribution < -0.4 is 0 Å². The van der Waals surface area contributed by atoms with Gasteiger partial charge in [-0.1, -0.05) is 6.92 Å². The molecule has 0 radical (unpaired) electrons. The van der Waals surface area contributed by atoms with Crippen LogP contribution in [0, 0.1) is 18.8 Å². The van der Waals surface area contributed by atoms with Crippen molar-refractivity contribution >= 4 is 5.91 Å². The van der Waals surface area contributed by atoms with E-state index in [0.717, 1.165) is 55.3 Å². The van der Waals surface area contributed by atoms with Gasteiger partial charge in [-0.05, 0) is 24.8 Å². The van der Waals surface area contributed by atoms with Gasteiger partial charge in [-0.2, -0.15) is 5.10 Å². The summed E-state index contributed by atoms with van der Waals surface area (Å²) in [7, 11) is 1.96. The fourth-order valence-electron chi connectivity index (χ4n) is 3.66. The molecule has 3 heterocycles. The lowest BCUT2D eigenvalue weighted by Crippen LogP contribution is -2.35. The molecule has 23 heavy (non-hydrogen) atoms. The highest BCUT2D eigenvalue weighted by Gasteiger charge is 2.41. The van der Waals surface area contributed by atoms with Gasteiger partial charge in [0, 0.05) is 39.0 Å². The molecule has 0 bridgehead atoms. The smallest absolute Gasteiger partial charge is 0.226 e. The second kappa shape index (κ2) is 5.22. The van der Waals surface area contributed by atoms with Gasteiger partial charge < -0.3 is 9.47 Å². The highest BCUT2D eigenvalue weighted by Crippen LogP contribution is 2.39. The lowest BCUT2D eigenvalue weighted by Gasteiger charge is -2.20. The first kappa shape index (κ1) is 14.5. The Morgan fingerprint density at radius 3 is 2.70 bits per heavy atom. The molecular weight excluding hydrogens is 290 g/mol. The number of fused-ring (bicyclic) bond motifs is 1. The Balaban J connectivity index is 1.59. The summed E-state index contributed by atoms with van der Waals surface area (Å²) in [5, 5.41) is 4.34. The van der Waals surface area contributed by atoms with Crippen molar-refractivity contribution in [3.05, 3.63) is 23.8 Å². The zero-order valence-corrected chi connectivity index (χ0v) is 14.0. The number of hydrogen-bond donors (Lipinski definition) is 0. The first-order chi connectivity index (χ1) is 11.1. The van der Waals surface area contributed by atoms with Crippen molar-refractivity contribution in [1.82, 2.24) is 24.2 Å². The predicted molar refractivity (Wildman–Crippen MR) is 86.7 cm³/mol. The van der Waals surface area contributed by atoms with E-state index in [2.05, 4.69) is 28.5 Å². The van der Waals surface area contributed by atoms with Crippen molar-refractivity contribution in [2.45, 2.75) is 33.2 Å². The SMILES string of the molecule is Cc1cnn(C)c1-c1cnc2n1CCN(C(=O)[C@H]1C[C@H]1C)CC2. The largest absolute Gasteiger partial charge is 0.340 e. The van der Waals surface area contributed by atoms with Crippen LogP contribution in [0.15, 0.2) is 12.4 Å². The van der Waals surface area contributed by atoms with Crippen molar-refractivity contribution in [3.63, 3.8) is 0 Å². The molecule has 6 heteroatoms. The van der Waals surface area contributed by atoms with Crippen molar-refractivity contribution in [2.24, 2.45) is 18.9 Å². The Bertz CT molecular complexity index is 740. The molecule has 4 rings (SSSR count). The lowest BCUT2D eigenvalue weighted by molar-refractivity contribution is -0.132. The standard InChI is InChI=1S/C17H23N5O/c1-11-8-13(11)17(23)21-5-4-15-18-10-14(22(15)7-6-21)16-12(2)9-19-20(16)3/h9-11,13H,4-8H2,1-3H3/t11-,13+/m1/s1. The van der Waals surface area contributed by atoms with Crippen LogP contribution in [-0.2, 0) is 24.8 Å². The van der Waals surface area contributed by atoms with Gasteiger partial charge in [-0.3, -0.25) is 9.48 Å². The third-order valence-electron chi connectivity index (χ3n) is 5.24. The Morgan fingerprint density at radius 1 is 1.26 bits per heavy atom. The molecule has 2 aromatic heterocycles. The lowest BCUT2D eigenvalue weighted by atomic mass is 10.2. The highest BCUT2D eigenvalue weighted by molar-refractivity contribution is 5.81. The van der Waals surface area contributed by atoms with E-state index >= 15 is 0 Å². The number of imidazole rings is 1. The number of aromatic nitrogens is 4. The maximum Gasteiger partial charge on any atom is 0.226 e. The molecule has 1 aliphatic carbocycles. The zero-order chi connectivity index (χ0) is 16.1. The summed E-state index contributed by atoms with van der Waals surface area (Å²) in [5.41, 5.74) is 3.37. The van der Waals surface area contributed by atoms with Crippen LogP contribution in [0.4, 0.5) is 0 Å². The molecule has 0 saturated heterocycles. The Kier molecular flexibility index (Phi) is 3.28.